The molecule has 5 nitrogen and oxygen atoms in total. The summed E-state index contributed by atoms with van der Waals surface area (Å²) in [5.41, 5.74) is 1.78. The highest BCUT2D eigenvalue weighted by Gasteiger charge is 2.26. The van der Waals surface area contributed by atoms with Gasteiger partial charge in [-0.05, 0) is 58.7 Å². The fraction of sp³-hybridized carbons (Fsp3) is 0.400. The van der Waals surface area contributed by atoms with E-state index in [1.165, 1.54) is 4.31 Å². The first kappa shape index (κ1) is 20.2. The fourth-order valence-corrected chi connectivity index (χ4v) is 5.58. The van der Waals surface area contributed by atoms with Crippen LogP contribution < -0.4 is 9.21 Å². The third-order valence-corrected chi connectivity index (χ3v) is 7.47. The topological polar surface area (TPSA) is 49.9 Å². The minimum atomic E-state index is -3.64. The van der Waals surface area contributed by atoms with Gasteiger partial charge in [0.05, 0.1) is 18.9 Å². The molecular weight excluding hydrogens is 428 g/mol. The van der Waals surface area contributed by atoms with E-state index in [0.29, 0.717) is 21.6 Å². The van der Waals surface area contributed by atoms with E-state index in [-0.39, 0.29) is 0 Å². The van der Waals surface area contributed by atoms with Crippen molar-refractivity contribution in [1.29, 1.82) is 0 Å². The van der Waals surface area contributed by atoms with E-state index in [1.54, 1.807) is 18.2 Å². The predicted octanol–water partition coefficient (Wildman–Crippen LogP) is 4.28. The molecule has 27 heavy (non-hydrogen) atoms. The van der Waals surface area contributed by atoms with E-state index in [2.05, 4.69) is 27.8 Å². The number of hydrogen-bond acceptors (Lipinski definition) is 4. The van der Waals surface area contributed by atoms with Crippen LogP contribution in [0.3, 0.4) is 0 Å². The quantitative estimate of drug-likeness (QED) is 0.628. The number of nitrogens with zero attached hydrogens (tertiary/aromatic N) is 2. The second-order valence-corrected chi connectivity index (χ2v) is 9.16. The van der Waals surface area contributed by atoms with Gasteiger partial charge >= 0.3 is 0 Å². The zero-order valence-electron chi connectivity index (χ0n) is 15.5. The van der Waals surface area contributed by atoms with Crippen LogP contribution in [0.1, 0.15) is 19.8 Å². The second kappa shape index (κ2) is 9.08. The molecule has 0 saturated carbocycles. The van der Waals surface area contributed by atoms with Crippen molar-refractivity contribution in [3.63, 3.8) is 0 Å². The van der Waals surface area contributed by atoms with Crippen molar-refractivity contribution < 1.29 is 13.2 Å². The highest BCUT2D eigenvalue weighted by atomic mass is 79.9. The SMILES string of the molecule is CCCCN(c1ccc(N2CCOCC2)cc1)S(=O)(=O)c1ccccc1Br. The maximum absolute atomic E-state index is 13.3. The van der Waals surface area contributed by atoms with Gasteiger partial charge in [0.1, 0.15) is 4.90 Å². The second-order valence-electron chi connectivity index (χ2n) is 6.48. The predicted molar refractivity (Wildman–Crippen MR) is 113 cm³/mol. The molecule has 0 atom stereocenters. The van der Waals surface area contributed by atoms with E-state index in [0.717, 1.165) is 44.8 Å². The minimum absolute atomic E-state index is 0.290. The highest BCUT2D eigenvalue weighted by Crippen LogP contribution is 2.30. The first-order valence-corrected chi connectivity index (χ1v) is 11.5. The molecule has 0 unspecified atom stereocenters. The van der Waals surface area contributed by atoms with E-state index in [9.17, 15) is 8.42 Å². The summed E-state index contributed by atoms with van der Waals surface area (Å²) in [7, 11) is -3.64. The van der Waals surface area contributed by atoms with Crippen molar-refractivity contribution >= 4 is 37.3 Å². The van der Waals surface area contributed by atoms with Gasteiger partial charge in [0.25, 0.3) is 10.0 Å². The van der Waals surface area contributed by atoms with Crippen LogP contribution in [0.2, 0.25) is 0 Å². The Hall–Kier alpha value is -1.57. The van der Waals surface area contributed by atoms with Crippen molar-refractivity contribution in [2.75, 3.05) is 42.1 Å². The molecule has 0 spiro atoms. The number of rotatable bonds is 7. The summed E-state index contributed by atoms with van der Waals surface area (Å²) >= 11 is 3.38. The van der Waals surface area contributed by atoms with Gasteiger partial charge in [-0.15, -0.1) is 0 Å². The Labute approximate surface area is 170 Å². The molecule has 1 heterocycles. The Morgan fingerprint density at radius 3 is 2.37 bits per heavy atom. The Bertz CT molecular complexity index is 850. The highest BCUT2D eigenvalue weighted by molar-refractivity contribution is 9.10. The molecule has 7 heteroatoms. The van der Waals surface area contributed by atoms with Crippen LogP contribution in [0.15, 0.2) is 57.9 Å². The van der Waals surface area contributed by atoms with Gasteiger partial charge in [0, 0.05) is 29.8 Å². The number of unbranched alkanes of at least 4 members (excludes halogenated alkanes) is 1. The molecule has 1 fully saturated rings. The Kier molecular flexibility index (Phi) is 6.78. The van der Waals surface area contributed by atoms with Crippen LogP contribution >= 0.6 is 15.9 Å². The van der Waals surface area contributed by atoms with Gasteiger partial charge < -0.3 is 9.64 Å². The Balaban J connectivity index is 1.91. The lowest BCUT2D eigenvalue weighted by molar-refractivity contribution is 0.122. The summed E-state index contributed by atoms with van der Waals surface area (Å²) in [5.74, 6) is 0. The lowest BCUT2D eigenvalue weighted by Crippen LogP contribution is -2.36. The summed E-state index contributed by atoms with van der Waals surface area (Å²) in [4.78, 5) is 2.55. The lowest BCUT2D eigenvalue weighted by atomic mass is 10.2. The van der Waals surface area contributed by atoms with Crippen LogP contribution in [0.25, 0.3) is 0 Å². The fourth-order valence-electron chi connectivity index (χ4n) is 3.11. The number of sulfonamides is 1. The third kappa shape index (κ3) is 4.65. The number of ether oxygens (including phenoxy) is 1. The zero-order chi connectivity index (χ0) is 19.3. The number of hydrogen-bond donors (Lipinski definition) is 0. The van der Waals surface area contributed by atoms with Crippen molar-refractivity contribution in [1.82, 2.24) is 0 Å². The minimum Gasteiger partial charge on any atom is -0.378 e. The molecule has 2 aromatic rings. The molecule has 1 saturated heterocycles. The number of halogens is 1. The van der Waals surface area contributed by atoms with Gasteiger partial charge in [-0.1, -0.05) is 25.5 Å². The van der Waals surface area contributed by atoms with E-state index in [4.69, 9.17) is 4.74 Å². The van der Waals surface area contributed by atoms with Crippen LogP contribution in [-0.2, 0) is 14.8 Å². The summed E-state index contributed by atoms with van der Waals surface area (Å²) < 4.78 is 34.1. The average molecular weight is 453 g/mol. The van der Waals surface area contributed by atoms with Crippen molar-refractivity contribution in [3.05, 3.63) is 53.0 Å². The van der Waals surface area contributed by atoms with E-state index in [1.807, 2.05) is 30.3 Å². The van der Waals surface area contributed by atoms with Crippen molar-refractivity contribution in [2.24, 2.45) is 0 Å². The van der Waals surface area contributed by atoms with E-state index >= 15 is 0 Å². The third-order valence-electron chi connectivity index (χ3n) is 4.63. The summed E-state index contributed by atoms with van der Waals surface area (Å²) in [6.45, 7) is 5.67. The molecule has 1 aliphatic heterocycles. The molecule has 0 radical (unpaired) electrons. The molecule has 3 rings (SSSR count). The molecular formula is C20H25BrN2O3S. The standard InChI is InChI=1S/C20H25BrN2O3S/c1-2-3-12-23(27(24,25)20-7-5-4-6-19(20)21)18-10-8-17(9-11-18)22-13-15-26-16-14-22/h4-11H,2-3,12-16H2,1H3. The zero-order valence-corrected chi connectivity index (χ0v) is 17.9. The van der Waals surface area contributed by atoms with Crippen molar-refractivity contribution in [3.8, 4) is 0 Å². The van der Waals surface area contributed by atoms with Gasteiger partial charge in [0.15, 0.2) is 0 Å². The molecule has 1 aliphatic rings. The molecule has 146 valence electrons. The maximum Gasteiger partial charge on any atom is 0.265 e. The number of benzene rings is 2. The number of anilines is 2. The van der Waals surface area contributed by atoms with Crippen molar-refractivity contribution in [2.45, 2.75) is 24.7 Å². The molecule has 0 amide bonds. The monoisotopic (exact) mass is 452 g/mol. The smallest absolute Gasteiger partial charge is 0.265 e. The first-order valence-electron chi connectivity index (χ1n) is 9.24. The van der Waals surface area contributed by atoms with E-state index < -0.39 is 10.0 Å². The summed E-state index contributed by atoms with van der Waals surface area (Å²) in [5, 5.41) is 0. The molecule has 0 aliphatic carbocycles. The normalized spacial score (nSPS) is 15.0. The Morgan fingerprint density at radius 2 is 1.74 bits per heavy atom. The van der Waals surface area contributed by atoms with Gasteiger partial charge in [-0.25, -0.2) is 8.42 Å². The first-order chi connectivity index (χ1) is 13.0. The summed E-state index contributed by atoms with van der Waals surface area (Å²) in [6.07, 6.45) is 1.72. The van der Waals surface area contributed by atoms with Gasteiger partial charge in [-0.2, -0.15) is 0 Å². The van der Waals surface area contributed by atoms with Gasteiger partial charge in [-0.3, -0.25) is 4.31 Å². The molecule has 0 bridgehead atoms. The van der Waals surface area contributed by atoms with Gasteiger partial charge in [0.2, 0.25) is 0 Å². The van der Waals surface area contributed by atoms with Crippen LogP contribution in [0, 0.1) is 0 Å². The Morgan fingerprint density at radius 1 is 1.07 bits per heavy atom. The largest absolute Gasteiger partial charge is 0.378 e. The molecule has 0 N–H and O–H groups in total. The van der Waals surface area contributed by atoms with Crippen LogP contribution in [0.5, 0.6) is 0 Å². The lowest BCUT2D eigenvalue weighted by Gasteiger charge is -2.30. The molecule has 2 aromatic carbocycles. The summed E-state index contributed by atoms with van der Waals surface area (Å²) in [6, 6.07) is 14.7. The van der Waals surface area contributed by atoms with Crippen LogP contribution in [0.4, 0.5) is 11.4 Å². The maximum atomic E-state index is 13.3. The van der Waals surface area contributed by atoms with Crippen LogP contribution in [-0.4, -0.2) is 41.3 Å². The number of morpholine rings is 1. The average Bonchev–Trinajstić information content (AvgIpc) is 2.69. The molecule has 0 aromatic heterocycles.